The van der Waals surface area contributed by atoms with Crippen molar-refractivity contribution in [3.8, 4) is 0 Å². The van der Waals surface area contributed by atoms with Gasteiger partial charge in [0.2, 0.25) is 5.91 Å². The van der Waals surface area contributed by atoms with Crippen molar-refractivity contribution in [1.82, 2.24) is 10.2 Å². The largest absolute Gasteiger partial charge is 0.353 e. The number of hydrogen-bond acceptors (Lipinski definition) is 3. The number of rotatable bonds is 5. The third-order valence-electron chi connectivity index (χ3n) is 3.11. The lowest BCUT2D eigenvalue weighted by molar-refractivity contribution is -0.122. The van der Waals surface area contributed by atoms with Gasteiger partial charge >= 0.3 is 0 Å². The van der Waals surface area contributed by atoms with Crippen LogP contribution >= 0.6 is 0 Å². The Morgan fingerprint density at radius 2 is 2.07 bits per heavy atom. The fourth-order valence-electron chi connectivity index (χ4n) is 1.88. The van der Waals surface area contributed by atoms with Crippen LogP contribution in [-0.4, -0.2) is 42.5 Å². The molecule has 88 valence electrons. The molecule has 1 saturated heterocycles. The molecule has 2 atom stereocenters. The quantitative estimate of drug-likeness (QED) is 0.691. The van der Waals surface area contributed by atoms with E-state index in [0.717, 1.165) is 13.1 Å². The average Bonchev–Trinajstić information content (AvgIpc) is 2.77. The van der Waals surface area contributed by atoms with Crippen LogP contribution in [0.5, 0.6) is 0 Å². The first-order valence-corrected chi connectivity index (χ1v) is 5.92. The first-order valence-electron chi connectivity index (χ1n) is 5.92. The molecule has 0 aromatic carbocycles. The number of hydrogen-bond donors (Lipinski definition) is 2. The van der Waals surface area contributed by atoms with E-state index >= 15 is 0 Å². The monoisotopic (exact) mass is 213 g/mol. The van der Waals surface area contributed by atoms with Crippen molar-refractivity contribution in [2.45, 2.75) is 45.2 Å². The zero-order valence-corrected chi connectivity index (χ0v) is 9.83. The molecule has 15 heavy (non-hydrogen) atoms. The highest BCUT2D eigenvalue weighted by molar-refractivity contribution is 5.81. The summed E-state index contributed by atoms with van der Waals surface area (Å²) in [5.41, 5.74) is 5.63. The predicted octanol–water partition coefficient (Wildman–Crippen LogP) is 0.324. The van der Waals surface area contributed by atoms with Gasteiger partial charge in [0.25, 0.3) is 0 Å². The highest BCUT2D eigenvalue weighted by Crippen LogP contribution is 2.10. The standard InChI is InChI=1S/C11H23N3O/c1-3-10(12)11(15)13-8-9(2)14-6-4-5-7-14/h9-10H,3-8,12H2,1-2H3,(H,13,15). The first-order chi connectivity index (χ1) is 7.15. The SMILES string of the molecule is CCC(N)C(=O)NCC(C)N1CCCC1. The average molecular weight is 213 g/mol. The van der Waals surface area contributed by atoms with E-state index in [1.54, 1.807) is 0 Å². The Labute approximate surface area is 92.2 Å². The molecular formula is C11H23N3O. The van der Waals surface area contributed by atoms with E-state index < -0.39 is 0 Å². The Morgan fingerprint density at radius 1 is 1.47 bits per heavy atom. The van der Waals surface area contributed by atoms with Crippen LogP contribution < -0.4 is 11.1 Å². The minimum absolute atomic E-state index is 0.0245. The number of nitrogens with two attached hydrogens (primary N) is 1. The van der Waals surface area contributed by atoms with Gasteiger partial charge < -0.3 is 11.1 Å². The van der Waals surface area contributed by atoms with E-state index in [2.05, 4.69) is 17.1 Å². The van der Waals surface area contributed by atoms with Crippen molar-refractivity contribution >= 4 is 5.91 Å². The normalized spacial score (nSPS) is 21.3. The fourth-order valence-corrected chi connectivity index (χ4v) is 1.88. The van der Waals surface area contributed by atoms with E-state index in [-0.39, 0.29) is 11.9 Å². The number of nitrogens with zero attached hydrogens (tertiary/aromatic N) is 1. The second-order valence-corrected chi connectivity index (χ2v) is 4.35. The van der Waals surface area contributed by atoms with Crippen LogP contribution in [0.15, 0.2) is 0 Å². The summed E-state index contributed by atoms with van der Waals surface area (Å²) in [4.78, 5) is 13.9. The Kier molecular flexibility index (Phi) is 5.05. The Hall–Kier alpha value is -0.610. The van der Waals surface area contributed by atoms with E-state index in [0.29, 0.717) is 19.0 Å². The summed E-state index contributed by atoms with van der Waals surface area (Å²) in [5, 5.41) is 2.90. The molecular weight excluding hydrogens is 190 g/mol. The molecule has 1 rings (SSSR count). The molecule has 1 amide bonds. The highest BCUT2D eigenvalue weighted by Gasteiger charge is 2.19. The van der Waals surface area contributed by atoms with Gasteiger partial charge in [-0.1, -0.05) is 6.92 Å². The minimum Gasteiger partial charge on any atom is -0.353 e. The first kappa shape index (κ1) is 12.5. The molecule has 2 unspecified atom stereocenters. The van der Waals surface area contributed by atoms with Gasteiger partial charge in [-0.3, -0.25) is 9.69 Å². The molecule has 1 aliphatic heterocycles. The van der Waals surface area contributed by atoms with Crippen molar-refractivity contribution in [2.24, 2.45) is 5.73 Å². The Bertz CT molecular complexity index is 202. The van der Waals surface area contributed by atoms with Crippen LogP contribution in [-0.2, 0) is 4.79 Å². The lowest BCUT2D eigenvalue weighted by atomic mass is 10.2. The summed E-state index contributed by atoms with van der Waals surface area (Å²) in [6, 6.07) is 0.0799. The van der Waals surface area contributed by atoms with Crippen LogP contribution in [0.2, 0.25) is 0 Å². The molecule has 1 fully saturated rings. The summed E-state index contributed by atoms with van der Waals surface area (Å²) in [6.45, 7) is 7.12. The summed E-state index contributed by atoms with van der Waals surface area (Å²) in [7, 11) is 0. The summed E-state index contributed by atoms with van der Waals surface area (Å²) in [5.74, 6) is -0.0245. The van der Waals surface area contributed by atoms with Gasteiger partial charge in [0.05, 0.1) is 6.04 Å². The van der Waals surface area contributed by atoms with Crippen molar-refractivity contribution < 1.29 is 4.79 Å². The van der Waals surface area contributed by atoms with Crippen molar-refractivity contribution in [3.63, 3.8) is 0 Å². The third kappa shape index (κ3) is 3.80. The number of carbonyl (C=O) groups is 1. The lowest BCUT2D eigenvalue weighted by Gasteiger charge is -2.24. The second-order valence-electron chi connectivity index (χ2n) is 4.35. The fraction of sp³-hybridized carbons (Fsp3) is 0.909. The van der Waals surface area contributed by atoms with Crippen molar-refractivity contribution in [3.05, 3.63) is 0 Å². The topological polar surface area (TPSA) is 58.4 Å². The van der Waals surface area contributed by atoms with Gasteiger partial charge in [-0.25, -0.2) is 0 Å². The Balaban J connectivity index is 2.20. The summed E-state index contributed by atoms with van der Waals surface area (Å²) in [6.07, 6.45) is 3.27. The smallest absolute Gasteiger partial charge is 0.236 e. The lowest BCUT2D eigenvalue weighted by Crippen LogP contribution is -2.46. The highest BCUT2D eigenvalue weighted by atomic mass is 16.2. The number of likely N-dealkylation sites (tertiary alicyclic amines) is 1. The molecule has 0 saturated carbocycles. The maximum atomic E-state index is 11.4. The predicted molar refractivity (Wildman–Crippen MR) is 61.5 cm³/mol. The van der Waals surface area contributed by atoms with Crippen LogP contribution in [0.4, 0.5) is 0 Å². The molecule has 0 aromatic heterocycles. The maximum Gasteiger partial charge on any atom is 0.236 e. The zero-order valence-electron chi connectivity index (χ0n) is 9.83. The van der Waals surface area contributed by atoms with Crippen LogP contribution in [0, 0.1) is 0 Å². The van der Waals surface area contributed by atoms with Gasteiger partial charge in [-0.05, 0) is 39.3 Å². The maximum absolute atomic E-state index is 11.4. The zero-order chi connectivity index (χ0) is 11.3. The molecule has 1 aliphatic rings. The molecule has 0 bridgehead atoms. The van der Waals surface area contributed by atoms with Crippen LogP contribution in [0.25, 0.3) is 0 Å². The number of amides is 1. The molecule has 0 radical (unpaired) electrons. The molecule has 4 nitrogen and oxygen atoms in total. The van der Waals surface area contributed by atoms with Gasteiger partial charge in [0.15, 0.2) is 0 Å². The third-order valence-corrected chi connectivity index (χ3v) is 3.11. The van der Waals surface area contributed by atoms with Crippen LogP contribution in [0.1, 0.15) is 33.1 Å². The van der Waals surface area contributed by atoms with Gasteiger partial charge in [-0.2, -0.15) is 0 Å². The molecule has 1 heterocycles. The molecule has 0 aliphatic carbocycles. The molecule has 3 N–H and O–H groups in total. The Morgan fingerprint density at radius 3 is 2.60 bits per heavy atom. The van der Waals surface area contributed by atoms with Crippen molar-refractivity contribution in [2.75, 3.05) is 19.6 Å². The van der Waals surface area contributed by atoms with Gasteiger partial charge in [-0.15, -0.1) is 0 Å². The van der Waals surface area contributed by atoms with E-state index in [9.17, 15) is 4.79 Å². The molecule has 4 heteroatoms. The summed E-state index contributed by atoms with van der Waals surface area (Å²) >= 11 is 0. The van der Waals surface area contributed by atoms with E-state index in [1.807, 2.05) is 6.92 Å². The van der Waals surface area contributed by atoms with E-state index in [1.165, 1.54) is 12.8 Å². The number of nitrogens with one attached hydrogen (secondary N) is 1. The van der Waals surface area contributed by atoms with Gasteiger partial charge in [0.1, 0.15) is 0 Å². The molecule has 0 aromatic rings. The van der Waals surface area contributed by atoms with Crippen molar-refractivity contribution in [1.29, 1.82) is 0 Å². The number of carbonyl (C=O) groups excluding carboxylic acids is 1. The van der Waals surface area contributed by atoms with Gasteiger partial charge in [0, 0.05) is 12.6 Å². The van der Waals surface area contributed by atoms with E-state index in [4.69, 9.17) is 5.73 Å². The van der Waals surface area contributed by atoms with Crippen LogP contribution in [0.3, 0.4) is 0 Å². The molecule has 0 spiro atoms. The minimum atomic E-state index is -0.351. The second kappa shape index (κ2) is 6.08. The summed E-state index contributed by atoms with van der Waals surface area (Å²) < 4.78 is 0.